The van der Waals surface area contributed by atoms with Crippen LogP contribution in [0.4, 0.5) is 11.4 Å². The van der Waals surface area contributed by atoms with E-state index in [-0.39, 0.29) is 21.2 Å². The highest BCUT2D eigenvalue weighted by atomic mass is 32.3. The van der Waals surface area contributed by atoms with E-state index in [2.05, 4.69) is 13.8 Å². The van der Waals surface area contributed by atoms with Gasteiger partial charge < -0.3 is 0 Å². The molecule has 2 aromatic carbocycles. The Morgan fingerprint density at radius 2 is 0.840 bits per heavy atom. The fourth-order valence-electron chi connectivity index (χ4n) is 6.60. The van der Waals surface area contributed by atoms with Crippen LogP contribution in [0.3, 0.4) is 0 Å². The van der Waals surface area contributed by atoms with Gasteiger partial charge in [-0.3, -0.25) is 20.2 Å². The van der Waals surface area contributed by atoms with Crippen LogP contribution in [0.1, 0.15) is 153 Å². The van der Waals surface area contributed by atoms with Crippen molar-refractivity contribution in [3.8, 4) is 11.1 Å². The molecule has 2 aromatic rings. The van der Waals surface area contributed by atoms with Crippen LogP contribution in [0, 0.1) is 20.2 Å². The Labute approximate surface area is 317 Å². The average molecular weight is 757 g/mol. The van der Waals surface area contributed by atoms with Crippen molar-refractivity contribution in [3.05, 3.63) is 80.5 Å². The minimum absolute atomic E-state index is 0.0382. The molecular formula is C40H56N2O4S4. The third-order valence-electron chi connectivity index (χ3n) is 9.46. The molecule has 0 atom stereocenters. The Morgan fingerprint density at radius 3 is 1.18 bits per heavy atom. The Morgan fingerprint density at radius 1 is 0.500 bits per heavy atom. The van der Waals surface area contributed by atoms with Gasteiger partial charge in [-0.15, -0.1) is 23.5 Å². The van der Waals surface area contributed by atoms with Gasteiger partial charge in [0.05, 0.1) is 22.6 Å². The van der Waals surface area contributed by atoms with E-state index in [1.165, 1.54) is 149 Å². The van der Waals surface area contributed by atoms with E-state index in [1.54, 1.807) is 47.8 Å². The van der Waals surface area contributed by atoms with E-state index in [4.69, 9.17) is 0 Å². The summed E-state index contributed by atoms with van der Waals surface area (Å²) in [6, 6.07) is 9.96. The van der Waals surface area contributed by atoms with Crippen molar-refractivity contribution < 1.29 is 9.85 Å². The van der Waals surface area contributed by atoms with E-state index in [0.717, 1.165) is 43.6 Å². The monoisotopic (exact) mass is 756 g/mol. The molecule has 4 rings (SSSR count). The Kier molecular flexibility index (Phi) is 18.7. The van der Waals surface area contributed by atoms with Gasteiger partial charge in [0.1, 0.15) is 0 Å². The number of hydrogen-bond donors (Lipinski definition) is 0. The van der Waals surface area contributed by atoms with Crippen molar-refractivity contribution >= 4 is 64.0 Å². The SMILES string of the molecule is CCCCCCCCCCCCSC1=C(SCCCCCCCCCCCC)SC(=C2c3cc([N+](=O)[O-])ccc3-c3ccc([N+](=O)[O-])cc32)S1. The van der Waals surface area contributed by atoms with Crippen molar-refractivity contribution in [1.82, 2.24) is 0 Å². The Hall–Kier alpha value is -1.88. The lowest BCUT2D eigenvalue weighted by Gasteiger charge is -2.08. The zero-order chi connectivity index (χ0) is 35.6. The van der Waals surface area contributed by atoms with Crippen LogP contribution >= 0.6 is 47.0 Å². The van der Waals surface area contributed by atoms with Gasteiger partial charge in [0, 0.05) is 29.8 Å². The maximum absolute atomic E-state index is 11.8. The molecule has 0 saturated carbocycles. The topological polar surface area (TPSA) is 86.3 Å². The van der Waals surface area contributed by atoms with Gasteiger partial charge >= 0.3 is 0 Å². The fraction of sp³-hybridized carbons (Fsp3) is 0.600. The van der Waals surface area contributed by atoms with Gasteiger partial charge in [0.2, 0.25) is 0 Å². The van der Waals surface area contributed by atoms with Gasteiger partial charge in [-0.1, -0.05) is 153 Å². The first kappa shape index (κ1) is 40.9. The van der Waals surface area contributed by atoms with Crippen molar-refractivity contribution in [2.45, 2.75) is 142 Å². The standard InChI is InChI=1S/C40H56N2O4S4/c1-3-5-7-9-11-13-15-17-19-21-27-47-39-40(48-28-22-20-18-16-14-12-10-8-6-4-2)50-38(49-39)37-35-29-31(41(43)44)23-25-33(35)34-26-24-32(42(45)46)30-36(34)37/h23-26,29-30H,3-22,27-28H2,1-2H3. The Balaban J connectivity index is 1.41. The number of nitro benzene ring substituents is 2. The van der Waals surface area contributed by atoms with Crippen molar-refractivity contribution in [2.75, 3.05) is 11.5 Å². The summed E-state index contributed by atoms with van der Waals surface area (Å²) in [6.07, 6.45) is 26.4. The second kappa shape index (κ2) is 22.9. The van der Waals surface area contributed by atoms with Crippen LogP contribution in [0.5, 0.6) is 0 Å². The predicted molar refractivity (Wildman–Crippen MR) is 222 cm³/mol. The number of unbranched alkanes of at least 4 members (excludes halogenated alkanes) is 18. The first-order valence-corrected chi connectivity index (χ1v) is 22.7. The molecule has 1 aliphatic heterocycles. The molecule has 274 valence electrons. The van der Waals surface area contributed by atoms with Crippen LogP contribution in [0.2, 0.25) is 0 Å². The summed E-state index contributed by atoms with van der Waals surface area (Å²) in [5.74, 6) is 2.16. The first-order valence-electron chi connectivity index (χ1n) is 19.1. The number of nitro groups is 2. The molecule has 2 aliphatic rings. The minimum atomic E-state index is -0.358. The highest BCUT2D eigenvalue weighted by Gasteiger charge is 2.34. The summed E-state index contributed by atoms with van der Waals surface area (Å²) in [7, 11) is 0. The lowest BCUT2D eigenvalue weighted by atomic mass is 10.1. The molecule has 0 radical (unpaired) electrons. The Bertz CT molecular complexity index is 1370. The largest absolute Gasteiger partial charge is 0.270 e. The third-order valence-corrected chi connectivity index (χ3v) is 15.2. The number of non-ortho nitro benzene ring substituents is 2. The zero-order valence-corrected chi connectivity index (χ0v) is 33.4. The van der Waals surface area contributed by atoms with Gasteiger partial charge in [-0.05, 0) is 58.7 Å². The maximum atomic E-state index is 11.8. The molecule has 10 heteroatoms. The molecule has 0 fully saturated rings. The third kappa shape index (κ3) is 12.7. The van der Waals surface area contributed by atoms with Crippen LogP contribution in [-0.4, -0.2) is 21.4 Å². The van der Waals surface area contributed by atoms with Gasteiger partial charge in [0.25, 0.3) is 11.4 Å². The highest BCUT2D eigenvalue weighted by molar-refractivity contribution is 8.40. The predicted octanol–water partition coefficient (Wildman–Crippen LogP) is 15.1. The molecule has 0 amide bonds. The van der Waals surface area contributed by atoms with E-state index >= 15 is 0 Å². The quantitative estimate of drug-likeness (QED) is 0.0455. The first-order chi connectivity index (χ1) is 24.4. The maximum Gasteiger partial charge on any atom is 0.270 e. The highest BCUT2D eigenvalue weighted by Crippen LogP contribution is 2.62. The lowest BCUT2D eigenvalue weighted by molar-refractivity contribution is -0.385. The number of benzene rings is 2. The second-order valence-electron chi connectivity index (χ2n) is 13.5. The van der Waals surface area contributed by atoms with Crippen LogP contribution < -0.4 is 0 Å². The molecule has 0 unspecified atom stereocenters. The van der Waals surface area contributed by atoms with E-state index in [1.807, 2.05) is 23.5 Å². The van der Waals surface area contributed by atoms with Crippen LogP contribution in [-0.2, 0) is 0 Å². The van der Waals surface area contributed by atoms with Gasteiger partial charge in [-0.25, -0.2) is 0 Å². The van der Waals surface area contributed by atoms with Crippen molar-refractivity contribution in [3.63, 3.8) is 0 Å². The molecule has 0 aromatic heterocycles. The minimum Gasteiger partial charge on any atom is -0.258 e. The van der Waals surface area contributed by atoms with E-state index in [0.29, 0.717) is 0 Å². The number of rotatable bonds is 26. The average Bonchev–Trinajstić information content (AvgIpc) is 3.66. The van der Waals surface area contributed by atoms with Crippen LogP contribution in [0.25, 0.3) is 16.7 Å². The number of hydrogen-bond acceptors (Lipinski definition) is 8. The lowest BCUT2D eigenvalue weighted by Crippen LogP contribution is -1.91. The summed E-state index contributed by atoms with van der Waals surface area (Å²) in [5, 5.41) is 23.6. The molecule has 0 spiro atoms. The summed E-state index contributed by atoms with van der Waals surface area (Å²) >= 11 is 7.41. The summed E-state index contributed by atoms with van der Waals surface area (Å²) in [5.41, 5.74) is 4.36. The number of fused-ring (bicyclic) bond motifs is 3. The van der Waals surface area contributed by atoms with Crippen LogP contribution in [0.15, 0.2) is 49.1 Å². The molecule has 50 heavy (non-hydrogen) atoms. The van der Waals surface area contributed by atoms with Crippen molar-refractivity contribution in [2.24, 2.45) is 0 Å². The van der Waals surface area contributed by atoms with Gasteiger partial charge in [0.15, 0.2) is 0 Å². The van der Waals surface area contributed by atoms with Crippen molar-refractivity contribution in [1.29, 1.82) is 0 Å². The smallest absolute Gasteiger partial charge is 0.258 e. The molecular weight excluding hydrogens is 701 g/mol. The normalized spacial score (nSPS) is 13.7. The summed E-state index contributed by atoms with van der Waals surface area (Å²) in [6.45, 7) is 4.54. The zero-order valence-electron chi connectivity index (χ0n) is 30.2. The summed E-state index contributed by atoms with van der Waals surface area (Å²) in [4.78, 5) is 22.9. The van der Waals surface area contributed by atoms with E-state index in [9.17, 15) is 20.2 Å². The summed E-state index contributed by atoms with van der Waals surface area (Å²) < 4.78 is 3.70. The van der Waals surface area contributed by atoms with Gasteiger partial charge in [-0.2, -0.15) is 0 Å². The van der Waals surface area contributed by atoms with E-state index < -0.39 is 0 Å². The number of thioether (sulfide) groups is 4. The second-order valence-corrected chi connectivity index (χ2v) is 18.5. The fourth-order valence-corrected chi connectivity index (χ4v) is 12.7. The molecule has 0 bridgehead atoms. The molecule has 0 saturated heterocycles. The molecule has 1 aliphatic carbocycles. The molecule has 1 heterocycles. The molecule has 0 N–H and O–H groups in total. The molecule has 6 nitrogen and oxygen atoms in total. The number of nitrogens with zero attached hydrogens (tertiary/aromatic N) is 2.